The van der Waals surface area contributed by atoms with Crippen LogP contribution in [-0.4, -0.2) is 104 Å². The molecule has 0 bridgehead atoms. The van der Waals surface area contributed by atoms with Crippen molar-refractivity contribution in [3.8, 4) is 0 Å². The summed E-state index contributed by atoms with van der Waals surface area (Å²) in [6, 6.07) is 0. The van der Waals surface area contributed by atoms with Crippen molar-refractivity contribution in [3.63, 3.8) is 0 Å². The average molecular weight is 597 g/mol. The van der Waals surface area contributed by atoms with Crippen LogP contribution < -0.4 is 0 Å². The van der Waals surface area contributed by atoms with Crippen LogP contribution in [0.1, 0.15) is 79.1 Å². The Bertz CT molecular complexity index is 1030. The summed E-state index contributed by atoms with van der Waals surface area (Å²) >= 11 is 0. The number of aliphatic hydroxyl groups excluding tert-OH is 6. The minimum Gasteiger partial charge on any atom is -0.392 e. The summed E-state index contributed by atoms with van der Waals surface area (Å²) in [5.41, 5.74) is -2.27. The molecule has 0 aromatic carbocycles. The van der Waals surface area contributed by atoms with Gasteiger partial charge in [-0.05, 0) is 73.5 Å². The number of aliphatic hydroxyl groups is 6. The minimum absolute atomic E-state index is 0.00703. The molecule has 42 heavy (non-hydrogen) atoms. The molecule has 0 aromatic rings. The van der Waals surface area contributed by atoms with Gasteiger partial charge in [-0.15, -0.1) is 0 Å². The van der Waals surface area contributed by atoms with E-state index in [1.807, 2.05) is 6.92 Å². The Morgan fingerprint density at radius 3 is 2.26 bits per heavy atom. The van der Waals surface area contributed by atoms with Crippen LogP contribution in [0.3, 0.4) is 0 Å². The molecule has 3 aliphatic heterocycles. The fourth-order valence-electron chi connectivity index (χ4n) is 11.7. The van der Waals surface area contributed by atoms with E-state index in [1.54, 1.807) is 0 Å². The summed E-state index contributed by atoms with van der Waals surface area (Å²) in [7, 11) is 0. The van der Waals surface area contributed by atoms with E-state index < -0.39 is 59.7 Å². The number of rotatable bonds is 2. The molecule has 240 valence electrons. The number of fused-ring (bicyclic) bond motifs is 7. The largest absolute Gasteiger partial charge is 0.392 e. The molecular weight excluding hydrogens is 544 g/mol. The lowest BCUT2D eigenvalue weighted by atomic mass is 9.41. The molecule has 6 N–H and O–H groups in total. The molecule has 7 fully saturated rings. The van der Waals surface area contributed by atoms with E-state index in [9.17, 15) is 30.6 Å². The summed E-state index contributed by atoms with van der Waals surface area (Å²) in [4.78, 5) is 0. The molecule has 0 unspecified atom stereocenters. The fraction of sp³-hybridized carbons (Fsp3) is 1.00. The lowest BCUT2D eigenvalue weighted by Crippen LogP contribution is -2.75. The highest BCUT2D eigenvalue weighted by atomic mass is 16.7. The Morgan fingerprint density at radius 2 is 1.55 bits per heavy atom. The van der Waals surface area contributed by atoms with Gasteiger partial charge in [0.25, 0.3) is 0 Å². The maximum Gasteiger partial charge on any atom is 0.187 e. The molecule has 4 aliphatic carbocycles. The van der Waals surface area contributed by atoms with Gasteiger partial charge < -0.3 is 49.6 Å². The molecule has 7 aliphatic rings. The van der Waals surface area contributed by atoms with E-state index in [0.29, 0.717) is 30.1 Å². The second kappa shape index (κ2) is 10.0. The van der Waals surface area contributed by atoms with Crippen molar-refractivity contribution in [3.05, 3.63) is 0 Å². The van der Waals surface area contributed by atoms with Crippen LogP contribution in [0.2, 0.25) is 0 Å². The van der Waals surface area contributed by atoms with Gasteiger partial charge in [0.2, 0.25) is 0 Å². The molecule has 0 aromatic heterocycles. The van der Waals surface area contributed by atoms with E-state index in [2.05, 4.69) is 20.8 Å². The zero-order valence-corrected chi connectivity index (χ0v) is 25.5. The van der Waals surface area contributed by atoms with Crippen molar-refractivity contribution in [1.29, 1.82) is 0 Å². The normalized spacial score (nSPS) is 62.7. The van der Waals surface area contributed by atoms with Crippen LogP contribution in [0.5, 0.6) is 0 Å². The van der Waals surface area contributed by atoms with Crippen LogP contribution in [0.4, 0.5) is 0 Å². The summed E-state index contributed by atoms with van der Waals surface area (Å²) in [6.07, 6.45) is -2.92. The summed E-state index contributed by atoms with van der Waals surface area (Å²) in [5, 5.41) is 65.4. The highest BCUT2D eigenvalue weighted by Crippen LogP contribution is 2.72. The molecular formula is C32H52O10. The predicted molar refractivity (Wildman–Crippen MR) is 149 cm³/mol. The van der Waals surface area contributed by atoms with Crippen LogP contribution in [0, 0.1) is 46.3 Å². The SMILES string of the molecule is C[C@@H]1CC[C@@]2(OC1)O[C@H]1C[C@@H]3[C@@H]4CC[C@]5(O[C@@H]6OC[C@H](O)[C@H](O)[C@H]6O)[C@@H](O)[C@@H](O)C[C@@H](O)[C@@]5(C)[C@H]4CC[C@@]3(C)[C@H]1[C@@H]2C. The molecule has 1 spiro atoms. The van der Waals surface area contributed by atoms with Crippen LogP contribution in [-0.2, 0) is 18.9 Å². The third-order valence-corrected chi connectivity index (χ3v) is 14.0. The average Bonchev–Trinajstić information content (AvgIpc) is 3.40. The Morgan fingerprint density at radius 1 is 0.786 bits per heavy atom. The zero-order chi connectivity index (χ0) is 30.0. The smallest absolute Gasteiger partial charge is 0.187 e. The number of ether oxygens (including phenoxy) is 4. The summed E-state index contributed by atoms with van der Waals surface area (Å²) in [6.45, 7) is 9.50. The first-order valence-corrected chi connectivity index (χ1v) is 16.5. The van der Waals surface area contributed by atoms with Crippen molar-refractivity contribution >= 4 is 0 Å². The molecule has 7 rings (SSSR count). The first kappa shape index (κ1) is 30.3. The van der Waals surface area contributed by atoms with E-state index >= 15 is 0 Å². The minimum atomic E-state index is -1.53. The van der Waals surface area contributed by atoms with Crippen molar-refractivity contribution < 1.29 is 49.6 Å². The monoisotopic (exact) mass is 596 g/mol. The predicted octanol–water partition coefficient (Wildman–Crippen LogP) is 1.31. The molecule has 3 heterocycles. The lowest BCUT2D eigenvalue weighted by Gasteiger charge is -2.68. The van der Waals surface area contributed by atoms with Gasteiger partial charge in [0.15, 0.2) is 12.1 Å². The Labute approximate surface area is 248 Å². The number of hydrogen-bond acceptors (Lipinski definition) is 10. The van der Waals surface area contributed by atoms with Crippen molar-refractivity contribution in [2.75, 3.05) is 13.2 Å². The third kappa shape index (κ3) is 3.86. The Balaban J connectivity index is 1.19. The zero-order valence-electron chi connectivity index (χ0n) is 25.5. The molecule has 3 saturated heterocycles. The van der Waals surface area contributed by atoms with Gasteiger partial charge in [-0.2, -0.15) is 0 Å². The fourth-order valence-corrected chi connectivity index (χ4v) is 11.7. The summed E-state index contributed by atoms with van der Waals surface area (Å²) in [5.74, 6) is 1.44. The van der Waals surface area contributed by atoms with Gasteiger partial charge in [-0.3, -0.25) is 0 Å². The Kier molecular flexibility index (Phi) is 7.24. The molecule has 0 radical (unpaired) electrons. The van der Waals surface area contributed by atoms with E-state index in [1.165, 1.54) is 0 Å². The molecule has 0 amide bonds. The topological polar surface area (TPSA) is 158 Å². The first-order chi connectivity index (χ1) is 19.8. The van der Waals surface area contributed by atoms with Gasteiger partial charge in [-0.1, -0.05) is 27.7 Å². The van der Waals surface area contributed by atoms with Gasteiger partial charge >= 0.3 is 0 Å². The van der Waals surface area contributed by atoms with Crippen LogP contribution >= 0.6 is 0 Å². The Hall–Kier alpha value is -0.400. The van der Waals surface area contributed by atoms with Gasteiger partial charge in [0.1, 0.15) is 30.0 Å². The highest BCUT2D eigenvalue weighted by Gasteiger charge is 2.74. The van der Waals surface area contributed by atoms with Crippen molar-refractivity contribution in [2.45, 2.75) is 139 Å². The van der Waals surface area contributed by atoms with Crippen molar-refractivity contribution in [2.24, 2.45) is 46.3 Å². The van der Waals surface area contributed by atoms with E-state index in [0.717, 1.165) is 45.1 Å². The summed E-state index contributed by atoms with van der Waals surface area (Å²) < 4.78 is 25.5. The maximum atomic E-state index is 11.8. The molecule has 10 heteroatoms. The second-order valence-corrected chi connectivity index (χ2v) is 15.7. The van der Waals surface area contributed by atoms with Gasteiger partial charge in [-0.25, -0.2) is 0 Å². The second-order valence-electron chi connectivity index (χ2n) is 15.7. The van der Waals surface area contributed by atoms with Crippen LogP contribution in [0.25, 0.3) is 0 Å². The number of hydrogen-bond donors (Lipinski definition) is 6. The molecule has 18 atom stereocenters. The van der Waals surface area contributed by atoms with Gasteiger partial charge in [0, 0.05) is 24.2 Å². The van der Waals surface area contributed by atoms with Crippen molar-refractivity contribution in [1.82, 2.24) is 0 Å². The first-order valence-electron chi connectivity index (χ1n) is 16.5. The van der Waals surface area contributed by atoms with Crippen LogP contribution in [0.15, 0.2) is 0 Å². The molecule has 10 nitrogen and oxygen atoms in total. The lowest BCUT2D eigenvalue weighted by molar-refractivity contribution is -0.379. The maximum absolute atomic E-state index is 11.8. The third-order valence-electron chi connectivity index (χ3n) is 14.0. The van der Waals surface area contributed by atoms with E-state index in [4.69, 9.17) is 18.9 Å². The van der Waals surface area contributed by atoms with Gasteiger partial charge in [0.05, 0.1) is 31.5 Å². The highest BCUT2D eigenvalue weighted by molar-refractivity contribution is 5.22. The molecule has 4 saturated carbocycles. The standard InChI is InChI=1S/C32H52O10/c1-15-5-10-32(40-13-15)16(2)24-22(41-32)11-19-17-6-9-31(42-28-26(37)25(36)21(34)14-39-28)27(38)20(33)12-23(35)30(31,4)18(17)7-8-29(19,24)3/h15-28,33-38H,5-14H2,1-4H3/t15-,16+,17-,18+,19-,20+,21+,22+,23-,24+,25+,26-,27+,28+,29-,30-,31+,32-/m1/s1. The van der Waals surface area contributed by atoms with E-state index in [-0.39, 0.29) is 36.4 Å². The quantitative estimate of drug-likeness (QED) is 0.257.